The molecule has 0 aromatic carbocycles. The third-order valence-corrected chi connectivity index (χ3v) is 1.34. The second-order valence-electron chi connectivity index (χ2n) is 2.18. The van der Waals surface area contributed by atoms with Gasteiger partial charge < -0.3 is 11.5 Å². The van der Waals surface area contributed by atoms with Crippen LogP contribution in [0.1, 0.15) is 0 Å². The van der Waals surface area contributed by atoms with Crippen LogP contribution in [0, 0.1) is 0 Å². The lowest BCUT2D eigenvalue weighted by molar-refractivity contribution is 0.662. The van der Waals surface area contributed by atoms with Crippen LogP contribution in [-0.2, 0) is 0 Å². The second kappa shape index (κ2) is 1.83. The minimum absolute atomic E-state index is 0.741. The molecular weight excluding hydrogens is 112 g/mol. The van der Waals surface area contributed by atoms with E-state index < -0.39 is 5.66 Å². The molecule has 0 aromatic rings. The summed E-state index contributed by atoms with van der Waals surface area (Å²) in [6.45, 7) is 3.68. The highest BCUT2D eigenvalue weighted by Crippen LogP contribution is 2.12. The van der Waals surface area contributed by atoms with Gasteiger partial charge >= 0.3 is 0 Å². The summed E-state index contributed by atoms with van der Waals surface area (Å²) in [5, 5.41) is 0. The van der Waals surface area contributed by atoms with E-state index >= 15 is 0 Å². The quantitative estimate of drug-likeness (QED) is 0.453. The molecule has 0 aliphatic heterocycles. The van der Waals surface area contributed by atoms with Crippen LogP contribution in [-0.4, -0.2) is 5.66 Å². The molecule has 0 amide bonds. The zero-order chi connectivity index (χ0) is 6.91. The number of nitrogens with two attached hydrogens (primary N) is 2. The first-order chi connectivity index (χ1) is 4.13. The van der Waals surface area contributed by atoms with Gasteiger partial charge in [-0.25, -0.2) is 0 Å². The summed E-state index contributed by atoms with van der Waals surface area (Å²) in [5.41, 5.74) is 11.0. The van der Waals surface area contributed by atoms with Gasteiger partial charge in [0.1, 0.15) is 5.66 Å². The van der Waals surface area contributed by atoms with E-state index in [4.69, 9.17) is 11.5 Å². The van der Waals surface area contributed by atoms with Crippen LogP contribution < -0.4 is 11.5 Å². The molecular formula is C7H10N2. The summed E-state index contributed by atoms with van der Waals surface area (Å²) in [6, 6.07) is 0. The Bertz CT molecular complexity index is 187. The highest BCUT2D eigenvalue weighted by atomic mass is 14.9. The van der Waals surface area contributed by atoms with Crippen LogP contribution in [0.25, 0.3) is 0 Å². The van der Waals surface area contributed by atoms with Crippen molar-refractivity contribution in [1.82, 2.24) is 0 Å². The molecule has 4 N–H and O–H groups in total. The highest BCUT2D eigenvalue weighted by molar-refractivity contribution is 5.38. The average Bonchev–Trinajstić information content (AvgIpc) is 1.77. The van der Waals surface area contributed by atoms with Crippen LogP contribution in [0.15, 0.2) is 36.5 Å². The van der Waals surface area contributed by atoms with E-state index in [1.54, 1.807) is 12.2 Å². The summed E-state index contributed by atoms with van der Waals surface area (Å²) < 4.78 is 0. The predicted octanol–water partition coefficient (Wildman–Crippen LogP) is 0.282. The highest BCUT2D eigenvalue weighted by Gasteiger charge is 2.17. The van der Waals surface area contributed by atoms with E-state index in [9.17, 15) is 0 Å². The van der Waals surface area contributed by atoms with Crippen molar-refractivity contribution in [1.29, 1.82) is 0 Å². The zero-order valence-corrected chi connectivity index (χ0v) is 5.17. The Morgan fingerprint density at radius 3 is 2.33 bits per heavy atom. The number of hydrogen-bond acceptors (Lipinski definition) is 2. The van der Waals surface area contributed by atoms with Crippen molar-refractivity contribution in [2.75, 3.05) is 0 Å². The molecule has 1 aliphatic carbocycles. The molecule has 0 saturated carbocycles. The molecule has 1 aliphatic rings. The minimum Gasteiger partial charge on any atom is -0.306 e. The second-order valence-corrected chi connectivity index (χ2v) is 2.18. The lowest BCUT2D eigenvalue weighted by atomic mass is 9.98. The lowest BCUT2D eigenvalue weighted by Crippen LogP contribution is -2.48. The van der Waals surface area contributed by atoms with Crippen molar-refractivity contribution >= 4 is 0 Å². The van der Waals surface area contributed by atoms with Crippen molar-refractivity contribution in [2.45, 2.75) is 5.66 Å². The monoisotopic (exact) mass is 122 g/mol. The van der Waals surface area contributed by atoms with Crippen molar-refractivity contribution < 1.29 is 0 Å². The zero-order valence-electron chi connectivity index (χ0n) is 5.17. The molecule has 2 heteroatoms. The van der Waals surface area contributed by atoms with E-state index in [0.717, 1.165) is 5.57 Å². The first kappa shape index (κ1) is 6.26. The molecule has 0 fully saturated rings. The fourth-order valence-corrected chi connectivity index (χ4v) is 0.638. The SMILES string of the molecule is C=C1C=CC=CC1(N)N. The van der Waals surface area contributed by atoms with Gasteiger partial charge in [0.25, 0.3) is 0 Å². The van der Waals surface area contributed by atoms with Crippen molar-refractivity contribution in [3.63, 3.8) is 0 Å². The predicted molar refractivity (Wildman–Crippen MR) is 38.5 cm³/mol. The average molecular weight is 122 g/mol. The van der Waals surface area contributed by atoms with E-state index in [-0.39, 0.29) is 0 Å². The fraction of sp³-hybridized carbons (Fsp3) is 0.143. The number of hydrogen-bond donors (Lipinski definition) is 2. The summed E-state index contributed by atoms with van der Waals surface area (Å²) in [4.78, 5) is 0. The number of rotatable bonds is 0. The fourth-order valence-electron chi connectivity index (χ4n) is 0.638. The Labute approximate surface area is 54.5 Å². The molecule has 0 saturated heterocycles. The molecule has 0 heterocycles. The Morgan fingerprint density at radius 1 is 1.33 bits per heavy atom. The standard InChI is InChI=1S/C7H10N2/c1-6-4-2-3-5-7(6,8)9/h2-5H,1,8-9H2. The smallest absolute Gasteiger partial charge is 0.109 e. The molecule has 1 rings (SSSR count). The van der Waals surface area contributed by atoms with E-state index in [1.165, 1.54) is 0 Å². The first-order valence-corrected chi connectivity index (χ1v) is 2.76. The summed E-state index contributed by atoms with van der Waals surface area (Å²) in [6.07, 6.45) is 7.20. The Balaban J connectivity index is 2.91. The van der Waals surface area contributed by atoms with E-state index in [0.29, 0.717) is 0 Å². The van der Waals surface area contributed by atoms with E-state index in [1.807, 2.05) is 12.2 Å². The molecule has 0 radical (unpaired) electrons. The van der Waals surface area contributed by atoms with Crippen LogP contribution in [0.2, 0.25) is 0 Å². The van der Waals surface area contributed by atoms with Gasteiger partial charge in [0.15, 0.2) is 0 Å². The minimum atomic E-state index is -0.825. The molecule has 0 bridgehead atoms. The van der Waals surface area contributed by atoms with Gasteiger partial charge in [0.2, 0.25) is 0 Å². The van der Waals surface area contributed by atoms with Crippen LogP contribution in [0.5, 0.6) is 0 Å². The third-order valence-electron chi connectivity index (χ3n) is 1.34. The van der Waals surface area contributed by atoms with Crippen molar-refractivity contribution in [2.24, 2.45) is 11.5 Å². The molecule has 9 heavy (non-hydrogen) atoms. The third kappa shape index (κ3) is 1.09. The maximum absolute atomic E-state index is 5.56. The normalized spacial score (nSPS) is 22.7. The largest absolute Gasteiger partial charge is 0.306 e. The van der Waals surface area contributed by atoms with Gasteiger partial charge in [-0.2, -0.15) is 0 Å². The Kier molecular flexibility index (Phi) is 1.27. The van der Waals surface area contributed by atoms with Gasteiger partial charge in [-0.3, -0.25) is 0 Å². The van der Waals surface area contributed by atoms with Gasteiger partial charge in [0.05, 0.1) is 0 Å². The maximum atomic E-state index is 5.56. The summed E-state index contributed by atoms with van der Waals surface area (Å²) in [5.74, 6) is 0. The van der Waals surface area contributed by atoms with Crippen molar-refractivity contribution in [3.8, 4) is 0 Å². The van der Waals surface area contributed by atoms with E-state index in [2.05, 4.69) is 6.58 Å². The van der Waals surface area contributed by atoms with Gasteiger partial charge in [0, 0.05) is 0 Å². The molecule has 0 aromatic heterocycles. The summed E-state index contributed by atoms with van der Waals surface area (Å²) >= 11 is 0. The van der Waals surface area contributed by atoms with Gasteiger partial charge in [-0.1, -0.05) is 24.8 Å². The maximum Gasteiger partial charge on any atom is 0.109 e. The molecule has 2 nitrogen and oxygen atoms in total. The molecule has 0 atom stereocenters. The number of allylic oxidation sites excluding steroid dienone is 2. The van der Waals surface area contributed by atoms with Gasteiger partial charge in [-0.15, -0.1) is 0 Å². The first-order valence-electron chi connectivity index (χ1n) is 2.76. The molecule has 0 unspecified atom stereocenters. The molecule has 48 valence electrons. The van der Waals surface area contributed by atoms with Gasteiger partial charge in [-0.05, 0) is 11.6 Å². The Morgan fingerprint density at radius 2 is 2.00 bits per heavy atom. The molecule has 0 spiro atoms. The van der Waals surface area contributed by atoms with Crippen molar-refractivity contribution in [3.05, 3.63) is 36.5 Å². The Hall–Kier alpha value is -0.860. The van der Waals surface area contributed by atoms with Crippen LogP contribution >= 0.6 is 0 Å². The van der Waals surface area contributed by atoms with Crippen LogP contribution in [0.3, 0.4) is 0 Å². The summed E-state index contributed by atoms with van der Waals surface area (Å²) in [7, 11) is 0. The lowest BCUT2D eigenvalue weighted by Gasteiger charge is -2.22. The van der Waals surface area contributed by atoms with Crippen LogP contribution in [0.4, 0.5) is 0 Å². The topological polar surface area (TPSA) is 52.0 Å².